The second-order valence-electron chi connectivity index (χ2n) is 4.34. The number of carbonyl (C=O) groups is 1. The number of hydrogen-bond donors (Lipinski definition) is 1. The molecule has 3 nitrogen and oxygen atoms in total. The van der Waals surface area contributed by atoms with Gasteiger partial charge in [-0.25, -0.2) is 9.18 Å². The molecule has 0 amide bonds. The van der Waals surface area contributed by atoms with Gasteiger partial charge in [-0.1, -0.05) is 13.8 Å². The largest absolute Gasteiger partial charge is 0.478 e. The van der Waals surface area contributed by atoms with Crippen molar-refractivity contribution in [2.75, 3.05) is 0 Å². The molecule has 0 radical (unpaired) electrons. The van der Waals surface area contributed by atoms with Crippen molar-refractivity contribution in [3.8, 4) is 0 Å². The van der Waals surface area contributed by atoms with Crippen molar-refractivity contribution in [3.63, 3.8) is 0 Å². The molecule has 0 bridgehead atoms. The topological polar surface area (TPSA) is 50.2 Å². The van der Waals surface area contributed by atoms with E-state index in [-0.39, 0.29) is 16.0 Å². The van der Waals surface area contributed by atoms with E-state index >= 15 is 0 Å². The summed E-state index contributed by atoms with van der Waals surface area (Å²) in [6, 6.07) is 4.24. The summed E-state index contributed by atoms with van der Waals surface area (Å²) in [5.41, 5.74) is 1.14. The van der Waals surface area contributed by atoms with Crippen LogP contribution in [0, 0.1) is 5.82 Å². The Balaban J connectivity index is 2.85. The summed E-state index contributed by atoms with van der Waals surface area (Å²) >= 11 is 3.05. The molecule has 18 heavy (non-hydrogen) atoms. The van der Waals surface area contributed by atoms with E-state index in [0.29, 0.717) is 16.6 Å². The van der Waals surface area contributed by atoms with E-state index in [9.17, 15) is 14.3 Å². The van der Waals surface area contributed by atoms with Crippen LogP contribution in [0.4, 0.5) is 4.39 Å². The molecule has 94 valence electrons. The molecule has 0 atom stereocenters. The van der Waals surface area contributed by atoms with E-state index in [4.69, 9.17) is 0 Å². The van der Waals surface area contributed by atoms with Gasteiger partial charge >= 0.3 is 5.97 Å². The molecule has 0 unspecified atom stereocenters. The summed E-state index contributed by atoms with van der Waals surface area (Å²) in [6.45, 7) is 3.82. The predicted molar refractivity (Wildman–Crippen MR) is 70.4 cm³/mol. The van der Waals surface area contributed by atoms with E-state index in [0.717, 1.165) is 0 Å². The van der Waals surface area contributed by atoms with Crippen LogP contribution in [-0.4, -0.2) is 16.1 Å². The first-order valence-corrected chi connectivity index (χ1v) is 6.22. The van der Waals surface area contributed by atoms with E-state index < -0.39 is 11.8 Å². The van der Waals surface area contributed by atoms with Gasteiger partial charge in [0.25, 0.3) is 0 Å². The first-order chi connectivity index (χ1) is 8.40. The van der Waals surface area contributed by atoms with Crippen LogP contribution < -0.4 is 0 Å². The minimum atomic E-state index is -1.04. The minimum Gasteiger partial charge on any atom is -0.478 e. The average Bonchev–Trinajstić information content (AvgIpc) is 2.29. The van der Waals surface area contributed by atoms with Gasteiger partial charge in [0.05, 0.1) is 15.6 Å². The van der Waals surface area contributed by atoms with Gasteiger partial charge in [-0.2, -0.15) is 0 Å². The van der Waals surface area contributed by atoms with Gasteiger partial charge in [0.1, 0.15) is 5.82 Å². The lowest BCUT2D eigenvalue weighted by Crippen LogP contribution is -2.03. The van der Waals surface area contributed by atoms with Gasteiger partial charge < -0.3 is 5.11 Å². The zero-order valence-electron chi connectivity index (χ0n) is 9.87. The summed E-state index contributed by atoms with van der Waals surface area (Å²) < 4.78 is 13.7. The molecule has 0 spiro atoms. The highest BCUT2D eigenvalue weighted by atomic mass is 79.9. The number of pyridine rings is 1. The molecule has 0 fully saturated rings. The molecule has 0 aliphatic heterocycles. The second-order valence-corrected chi connectivity index (χ2v) is 5.19. The summed E-state index contributed by atoms with van der Waals surface area (Å²) in [6.07, 6.45) is 0. The number of carboxylic acids is 1. The molecule has 5 heteroatoms. The Morgan fingerprint density at radius 2 is 2.06 bits per heavy atom. The van der Waals surface area contributed by atoms with Crippen LogP contribution in [-0.2, 0) is 0 Å². The summed E-state index contributed by atoms with van der Waals surface area (Å²) in [4.78, 5) is 15.5. The molecule has 1 heterocycles. The van der Waals surface area contributed by atoms with Crippen molar-refractivity contribution in [2.45, 2.75) is 19.8 Å². The van der Waals surface area contributed by atoms with Crippen LogP contribution in [0.15, 0.2) is 22.7 Å². The number of fused-ring (bicyclic) bond motifs is 1. The Labute approximate surface area is 112 Å². The first kappa shape index (κ1) is 13.0. The van der Waals surface area contributed by atoms with E-state index in [1.807, 2.05) is 13.8 Å². The fourth-order valence-electron chi connectivity index (χ4n) is 1.71. The van der Waals surface area contributed by atoms with Crippen LogP contribution in [0.25, 0.3) is 10.9 Å². The monoisotopic (exact) mass is 311 g/mol. The highest BCUT2D eigenvalue weighted by Gasteiger charge is 2.15. The highest BCUT2D eigenvalue weighted by molar-refractivity contribution is 9.10. The van der Waals surface area contributed by atoms with Crippen LogP contribution in [0.2, 0.25) is 0 Å². The van der Waals surface area contributed by atoms with Crippen molar-refractivity contribution in [3.05, 3.63) is 39.7 Å². The molecule has 0 aliphatic rings. The Kier molecular flexibility index (Phi) is 3.34. The molecule has 0 aliphatic carbocycles. The highest BCUT2D eigenvalue weighted by Crippen LogP contribution is 2.27. The number of hydrogen-bond acceptors (Lipinski definition) is 2. The normalized spacial score (nSPS) is 11.2. The molecule has 1 aromatic heterocycles. The quantitative estimate of drug-likeness (QED) is 0.913. The smallest absolute Gasteiger partial charge is 0.336 e. The zero-order valence-corrected chi connectivity index (χ0v) is 11.5. The van der Waals surface area contributed by atoms with Gasteiger partial charge in [0, 0.05) is 17.1 Å². The molecular formula is C13H11BrFNO2. The molecule has 1 N–H and O–H groups in total. The van der Waals surface area contributed by atoms with Gasteiger partial charge in [0.15, 0.2) is 0 Å². The summed E-state index contributed by atoms with van der Waals surface area (Å²) in [5.74, 6) is -1.41. The molecule has 2 aromatic rings. The Morgan fingerprint density at radius 1 is 1.39 bits per heavy atom. The summed E-state index contributed by atoms with van der Waals surface area (Å²) in [5, 5.41) is 9.64. The lowest BCUT2D eigenvalue weighted by Gasteiger charge is -2.10. The lowest BCUT2D eigenvalue weighted by atomic mass is 10.0. The maximum absolute atomic E-state index is 13.5. The fraction of sp³-hybridized carbons (Fsp3) is 0.231. The molecule has 0 saturated heterocycles. The summed E-state index contributed by atoms with van der Waals surface area (Å²) in [7, 11) is 0. The average molecular weight is 312 g/mol. The van der Waals surface area contributed by atoms with Crippen LogP contribution in [0.3, 0.4) is 0 Å². The fourth-order valence-corrected chi connectivity index (χ4v) is 2.06. The molecule has 2 rings (SSSR count). The Hall–Kier alpha value is -1.49. The van der Waals surface area contributed by atoms with E-state index in [1.54, 1.807) is 6.07 Å². The van der Waals surface area contributed by atoms with Gasteiger partial charge in [-0.3, -0.25) is 4.98 Å². The number of benzene rings is 1. The van der Waals surface area contributed by atoms with Crippen molar-refractivity contribution < 1.29 is 14.3 Å². The third kappa shape index (κ3) is 2.22. The predicted octanol–water partition coefficient (Wildman–Crippen LogP) is 3.96. The third-order valence-electron chi connectivity index (χ3n) is 2.69. The zero-order chi connectivity index (χ0) is 13.4. The number of halogens is 2. The van der Waals surface area contributed by atoms with Crippen molar-refractivity contribution >= 4 is 32.8 Å². The van der Waals surface area contributed by atoms with Crippen LogP contribution in [0.1, 0.15) is 35.8 Å². The van der Waals surface area contributed by atoms with Crippen LogP contribution in [0.5, 0.6) is 0 Å². The number of carboxylic acid groups (broad SMARTS) is 1. The lowest BCUT2D eigenvalue weighted by molar-refractivity contribution is 0.0699. The molecule has 1 aromatic carbocycles. The third-order valence-corrected chi connectivity index (χ3v) is 3.30. The molecule has 0 saturated carbocycles. The maximum atomic E-state index is 13.5. The number of nitrogens with zero attached hydrogens (tertiary/aromatic N) is 1. The van der Waals surface area contributed by atoms with Crippen molar-refractivity contribution in [2.24, 2.45) is 0 Å². The minimum absolute atomic E-state index is 0.0826. The number of aromatic nitrogens is 1. The van der Waals surface area contributed by atoms with Gasteiger partial charge in [0.2, 0.25) is 0 Å². The maximum Gasteiger partial charge on any atom is 0.336 e. The Morgan fingerprint density at radius 3 is 2.61 bits per heavy atom. The SMILES string of the molecule is CC(C)c1cc(C(=O)O)c2cc(Br)c(F)cc2n1. The van der Waals surface area contributed by atoms with Crippen molar-refractivity contribution in [1.82, 2.24) is 4.98 Å². The number of rotatable bonds is 2. The number of aromatic carboxylic acids is 1. The first-order valence-electron chi connectivity index (χ1n) is 5.43. The van der Waals surface area contributed by atoms with Gasteiger partial charge in [-0.05, 0) is 34.0 Å². The van der Waals surface area contributed by atoms with Crippen molar-refractivity contribution in [1.29, 1.82) is 0 Å². The van der Waals surface area contributed by atoms with Gasteiger partial charge in [-0.15, -0.1) is 0 Å². The molecular weight excluding hydrogens is 301 g/mol. The Bertz CT molecular complexity index is 640. The standard InChI is InChI=1S/C13H11BrFNO2/c1-6(2)11-4-8(13(17)18)7-3-9(14)10(15)5-12(7)16-11/h3-6H,1-2H3,(H,17,18). The van der Waals surface area contributed by atoms with E-state index in [1.165, 1.54) is 12.1 Å². The second kappa shape index (κ2) is 4.65. The van der Waals surface area contributed by atoms with Crippen LogP contribution >= 0.6 is 15.9 Å². The van der Waals surface area contributed by atoms with E-state index in [2.05, 4.69) is 20.9 Å².